The Labute approximate surface area is 139 Å². The van der Waals surface area contributed by atoms with Crippen molar-refractivity contribution in [1.82, 2.24) is 10.2 Å². The van der Waals surface area contributed by atoms with Crippen LogP contribution in [0.1, 0.15) is 27.4 Å². The Morgan fingerprint density at radius 2 is 2.00 bits per heavy atom. The molecule has 1 aromatic heterocycles. The Kier molecular flexibility index (Phi) is 4.39. The second-order valence-electron chi connectivity index (χ2n) is 5.47. The van der Waals surface area contributed by atoms with Gasteiger partial charge in [-0.1, -0.05) is 18.2 Å². The second-order valence-corrected chi connectivity index (χ2v) is 5.47. The number of aromatic nitrogens is 2. The van der Waals surface area contributed by atoms with Gasteiger partial charge in [-0.2, -0.15) is 0 Å². The number of nitrogens with one attached hydrogen (secondary N) is 1. The lowest BCUT2D eigenvalue weighted by Crippen LogP contribution is -2.13. The van der Waals surface area contributed by atoms with Gasteiger partial charge in [0.05, 0.1) is 6.61 Å². The Balaban J connectivity index is 1.85. The van der Waals surface area contributed by atoms with E-state index in [0.29, 0.717) is 28.6 Å². The van der Waals surface area contributed by atoms with Crippen molar-refractivity contribution in [2.75, 3.05) is 5.32 Å². The van der Waals surface area contributed by atoms with Crippen LogP contribution in [0.15, 0.2) is 46.9 Å². The van der Waals surface area contributed by atoms with Gasteiger partial charge in [0, 0.05) is 23.7 Å². The maximum Gasteiger partial charge on any atom is 0.255 e. The first-order chi connectivity index (χ1) is 11.6. The Bertz CT molecular complexity index is 887. The maximum absolute atomic E-state index is 12.5. The van der Waals surface area contributed by atoms with Crippen molar-refractivity contribution in [3.05, 3.63) is 65.0 Å². The van der Waals surface area contributed by atoms with Crippen LogP contribution in [0.25, 0.3) is 11.5 Å². The SMILES string of the molecule is Cc1nnc(-c2cccc(C(=O)Nc3cc(CO)ccc3C)c2)o1. The van der Waals surface area contributed by atoms with Gasteiger partial charge in [0.2, 0.25) is 11.8 Å². The Morgan fingerprint density at radius 3 is 2.71 bits per heavy atom. The van der Waals surface area contributed by atoms with Crippen LogP contribution in [0.2, 0.25) is 0 Å². The number of hydrogen-bond acceptors (Lipinski definition) is 5. The number of nitrogens with zero attached hydrogens (tertiary/aromatic N) is 2. The maximum atomic E-state index is 12.5. The van der Waals surface area contributed by atoms with Crippen LogP contribution in [0, 0.1) is 13.8 Å². The third kappa shape index (κ3) is 3.33. The van der Waals surface area contributed by atoms with E-state index in [0.717, 1.165) is 11.1 Å². The molecular formula is C18H17N3O3. The molecule has 2 aromatic carbocycles. The molecule has 0 aliphatic rings. The molecule has 2 N–H and O–H groups in total. The fraction of sp³-hybridized carbons (Fsp3) is 0.167. The number of aliphatic hydroxyl groups excluding tert-OH is 1. The zero-order valence-electron chi connectivity index (χ0n) is 13.4. The van der Waals surface area contributed by atoms with Crippen molar-refractivity contribution >= 4 is 11.6 Å². The van der Waals surface area contributed by atoms with Crippen LogP contribution in [0.5, 0.6) is 0 Å². The van der Waals surface area contributed by atoms with E-state index in [1.165, 1.54) is 0 Å². The summed E-state index contributed by atoms with van der Waals surface area (Å²) in [7, 11) is 0. The molecular weight excluding hydrogens is 306 g/mol. The molecule has 3 rings (SSSR count). The molecule has 0 bridgehead atoms. The Morgan fingerprint density at radius 1 is 1.17 bits per heavy atom. The summed E-state index contributed by atoms with van der Waals surface area (Å²) in [4.78, 5) is 12.5. The van der Waals surface area contributed by atoms with Crippen LogP contribution in [-0.2, 0) is 6.61 Å². The number of benzene rings is 2. The highest BCUT2D eigenvalue weighted by molar-refractivity contribution is 6.05. The molecule has 0 radical (unpaired) electrons. The first-order valence-electron chi connectivity index (χ1n) is 7.49. The van der Waals surface area contributed by atoms with E-state index in [1.807, 2.05) is 19.1 Å². The molecule has 1 heterocycles. The molecule has 1 amide bonds. The van der Waals surface area contributed by atoms with E-state index in [9.17, 15) is 9.90 Å². The van der Waals surface area contributed by atoms with Crippen molar-refractivity contribution in [3.8, 4) is 11.5 Å². The summed E-state index contributed by atoms with van der Waals surface area (Å²) >= 11 is 0. The van der Waals surface area contributed by atoms with E-state index in [-0.39, 0.29) is 12.5 Å². The van der Waals surface area contributed by atoms with Crippen molar-refractivity contribution in [3.63, 3.8) is 0 Å². The van der Waals surface area contributed by atoms with Crippen LogP contribution >= 0.6 is 0 Å². The normalized spacial score (nSPS) is 10.6. The van der Waals surface area contributed by atoms with Gasteiger partial charge in [-0.05, 0) is 42.3 Å². The molecule has 0 aliphatic heterocycles. The van der Waals surface area contributed by atoms with Crippen molar-refractivity contribution in [2.45, 2.75) is 20.5 Å². The van der Waals surface area contributed by atoms with E-state index in [4.69, 9.17) is 4.42 Å². The second kappa shape index (κ2) is 6.64. The average Bonchev–Trinajstić information content (AvgIpc) is 3.03. The van der Waals surface area contributed by atoms with Gasteiger partial charge in [-0.25, -0.2) is 0 Å². The fourth-order valence-corrected chi connectivity index (χ4v) is 2.30. The predicted octanol–water partition coefficient (Wildman–Crippen LogP) is 3.10. The molecule has 24 heavy (non-hydrogen) atoms. The van der Waals surface area contributed by atoms with E-state index in [1.54, 1.807) is 37.3 Å². The third-order valence-corrected chi connectivity index (χ3v) is 3.63. The fourth-order valence-electron chi connectivity index (χ4n) is 2.30. The number of hydrogen-bond donors (Lipinski definition) is 2. The highest BCUT2D eigenvalue weighted by Crippen LogP contribution is 2.21. The van der Waals surface area contributed by atoms with Gasteiger partial charge < -0.3 is 14.8 Å². The molecule has 122 valence electrons. The van der Waals surface area contributed by atoms with E-state index >= 15 is 0 Å². The van der Waals surface area contributed by atoms with Crippen LogP contribution in [0.4, 0.5) is 5.69 Å². The van der Waals surface area contributed by atoms with Crippen LogP contribution < -0.4 is 5.32 Å². The first kappa shape index (κ1) is 15.9. The zero-order chi connectivity index (χ0) is 17.1. The van der Waals surface area contributed by atoms with Gasteiger partial charge >= 0.3 is 0 Å². The van der Waals surface area contributed by atoms with Gasteiger partial charge in [-0.15, -0.1) is 10.2 Å². The molecule has 6 heteroatoms. The van der Waals surface area contributed by atoms with Crippen molar-refractivity contribution < 1.29 is 14.3 Å². The van der Waals surface area contributed by atoms with E-state index < -0.39 is 0 Å². The zero-order valence-corrected chi connectivity index (χ0v) is 13.4. The van der Waals surface area contributed by atoms with Crippen LogP contribution in [0.3, 0.4) is 0 Å². The topological polar surface area (TPSA) is 88.2 Å². The van der Waals surface area contributed by atoms with Gasteiger partial charge in [0.15, 0.2) is 0 Å². The molecule has 3 aromatic rings. The number of aliphatic hydroxyl groups is 1. The summed E-state index contributed by atoms with van der Waals surface area (Å²) in [5.41, 5.74) is 3.50. The standard InChI is InChI=1S/C18H17N3O3/c1-11-6-7-13(10-22)8-16(11)19-17(23)14-4-3-5-15(9-14)18-21-20-12(2)24-18/h3-9,22H,10H2,1-2H3,(H,19,23). The number of amides is 1. The number of anilines is 1. The highest BCUT2D eigenvalue weighted by Gasteiger charge is 2.12. The summed E-state index contributed by atoms with van der Waals surface area (Å²) in [6.45, 7) is 3.54. The van der Waals surface area contributed by atoms with Gasteiger partial charge in [0.25, 0.3) is 5.91 Å². The predicted molar refractivity (Wildman–Crippen MR) is 89.5 cm³/mol. The lowest BCUT2D eigenvalue weighted by atomic mass is 10.1. The quantitative estimate of drug-likeness (QED) is 0.770. The minimum Gasteiger partial charge on any atom is -0.421 e. The number of aryl methyl sites for hydroxylation is 2. The van der Waals surface area contributed by atoms with Crippen molar-refractivity contribution in [1.29, 1.82) is 0 Å². The average molecular weight is 323 g/mol. The summed E-state index contributed by atoms with van der Waals surface area (Å²) < 4.78 is 5.39. The van der Waals surface area contributed by atoms with E-state index in [2.05, 4.69) is 15.5 Å². The minimum absolute atomic E-state index is 0.0743. The Hall–Kier alpha value is -2.99. The summed E-state index contributed by atoms with van der Waals surface area (Å²) in [5.74, 6) is 0.600. The largest absolute Gasteiger partial charge is 0.421 e. The smallest absolute Gasteiger partial charge is 0.255 e. The molecule has 0 unspecified atom stereocenters. The molecule has 0 spiro atoms. The molecule has 0 saturated carbocycles. The highest BCUT2D eigenvalue weighted by atomic mass is 16.4. The first-order valence-corrected chi connectivity index (χ1v) is 7.49. The number of rotatable bonds is 4. The molecule has 0 saturated heterocycles. The summed E-state index contributed by atoms with van der Waals surface area (Å²) in [5, 5.41) is 19.9. The monoisotopic (exact) mass is 323 g/mol. The lowest BCUT2D eigenvalue weighted by molar-refractivity contribution is 0.102. The number of carbonyl (C=O) groups is 1. The third-order valence-electron chi connectivity index (χ3n) is 3.63. The van der Waals surface area contributed by atoms with Crippen molar-refractivity contribution in [2.24, 2.45) is 0 Å². The summed E-state index contributed by atoms with van der Waals surface area (Å²) in [6, 6.07) is 12.4. The minimum atomic E-state index is -0.244. The van der Waals surface area contributed by atoms with Crippen LogP contribution in [-0.4, -0.2) is 21.2 Å². The van der Waals surface area contributed by atoms with Gasteiger partial charge in [-0.3, -0.25) is 4.79 Å². The summed E-state index contributed by atoms with van der Waals surface area (Å²) in [6.07, 6.45) is 0. The molecule has 0 fully saturated rings. The molecule has 6 nitrogen and oxygen atoms in total. The molecule has 0 aliphatic carbocycles. The van der Waals surface area contributed by atoms with Gasteiger partial charge in [0.1, 0.15) is 0 Å². The number of carbonyl (C=O) groups excluding carboxylic acids is 1. The molecule has 0 atom stereocenters. The lowest BCUT2D eigenvalue weighted by Gasteiger charge is -2.10.